The average molecular weight is 369 g/mol. The normalized spacial score (nSPS) is 11.9. The molecule has 2 heterocycles. The minimum atomic E-state index is -0.735. The van der Waals surface area contributed by atoms with Crippen molar-refractivity contribution in [1.82, 2.24) is 4.98 Å². The van der Waals surface area contributed by atoms with Gasteiger partial charge in [0.2, 0.25) is 6.79 Å². The molecule has 27 heavy (non-hydrogen) atoms. The highest BCUT2D eigenvalue weighted by Gasteiger charge is 2.15. The molecule has 6 nitrogen and oxygen atoms in total. The number of benzene rings is 2. The van der Waals surface area contributed by atoms with Crippen molar-refractivity contribution < 1.29 is 23.0 Å². The Hall–Kier alpha value is -3.68. The molecule has 2 N–H and O–H groups in total. The van der Waals surface area contributed by atoms with E-state index in [0.29, 0.717) is 17.2 Å². The highest BCUT2D eigenvalue weighted by Crippen LogP contribution is 2.34. The number of nitrogens with one attached hydrogen (secondary N) is 2. The maximum absolute atomic E-state index is 13.7. The van der Waals surface area contributed by atoms with Gasteiger partial charge in [-0.25, -0.2) is 13.8 Å². The molecule has 0 saturated carbocycles. The molecule has 1 aromatic heterocycles. The summed E-state index contributed by atoms with van der Waals surface area (Å²) in [5.74, 6) is -0.477. The molecule has 0 aliphatic carbocycles. The molecule has 0 radical (unpaired) electrons. The smallest absolute Gasteiger partial charge is 0.257 e. The van der Waals surface area contributed by atoms with E-state index in [1.165, 1.54) is 24.4 Å². The number of amides is 1. The summed E-state index contributed by atoms with van der Waals surface area (Å²) in [7, 11) is 0. The number of hydrogen-bond donors (Lipinski definition) is 2. The number of anilines is 3. The first-order chi connectivity index (χ1) is 13.1. The molecule has 3 aromatic rings. The van der Waals surface area contributed by atoms with Gasteiger partial charge in [0.05, 0.1) is 5.56 Å². The van der Waals surface area contributed by atoms with Gasteiger partial charge >= 0.3 is 0 Å². The Morgan fingerprint density at radius 3 is 2.52 bits per heavy atom. The van der Waals surface area contributed by atoms with Gasteiger partial charge in [0.15, 0.2) is 11.5 Å². The number of ether oxygens (including phenoxy) is 2. The summed E-state index contributed by atoms with van der Waals surface area (Å²) >= 11 is 0. The Morgan fingerprint density at radius 1 is 1.00 bits per heavy atom. The fourth-order valence-corrected chi connectivity index (χ4v) is 2.52. The molecule has 0 saturated heterocycles. The molecule has 0 atom stereocenters. The lowest BCUT2D eigenvalue weighted by atomic mass is 10.2. The van der Waals surface area contributed by atoms with Crippen LogP contribution in [0.3, 0.4) is 0 Å². The maximum Gasteiger partial charge on any atom is 0.257 e. The highest BCUT2D eigenvalue weighted by molar-refractivity contribution is 6.04. The fraction of sp³-hybridized carbons (Fsp3) is 0.0526. The molecule has 0 bridgehead atoms. The van der Waals surface area contributed by atoms with Gasteiger partial charge < -0.3 is 20.1 Å². The Balaban J connectivity index is 1.46. The van der Waals surface area contributed by atoms with Crippen molar-refractivity contribution in [3.63, 3.8) is 0 Å². The van der Waals surface area contributed by atoms with E-state index in [1.54, 1.807) is 18.2 Å². The number of fused-ring (bicyclic) bond motifs is 1. The number of halogens is 2. The Kier molecular flexibility index (Phi) is 4.29. The number of rotatable bonds is 4. The van der Waals surface area contributed by atoms with Crippen molar-refractivity contribution in [3.05, 3.63) is 71.9 Å². The number of aromatic nitrogens is 1. The van der Waals surface area contributed by atoms with Crippen LogP contribution in [0.5, 0.6) is 11.5 Å². The Morgan fingerprint density at radius 2 is 1.78 bits per heavy atom. The molecule has 136 valence electrons. The summed E-state index contributed by atoms with van der Waals surface area (Å²) in [5.41, 5.74) is 0.523. The van der Waals surface area contributed by atoms with Crippen LogP contribution in [-0.4, -0.2) is 17.7 Å². The van der Waals surface area contributed by atoms with Gasteiger partial charge in [-0.1, -0.05) is 6.07 Å². The minimum absolute atomic E-state index is 0.147. The van der Waals surface area contributed by atoms with Gasteiger partial charge in [-0.15, -0.1) is 0 Å². The summed E-state index contributed by atoms with van der Waals surface area (Å²) in [6.07, 6.45) is 1.31. The van der Waals surface area contributed by atoms with Crippen LogP contribution in [0.25, 0.3) is 0 Å². The van der Waals surface area contributed by atoms with Crippen molar-refractivity contribution in [2.45, 2.75) is 0 Å². The third-order valence-electron chi connectivity index (χ3n) is 3.87. The summed E-state index contributed by atoms with van der Waals surface area (Å²) in [5, 5.41) is 5.28. The summed E-state index contributed by atoms with van der Waals surface area (Å²) in [6, 6.07) is 11.5. The summed E-state index contributed by atoms with van der Waals surface area (Å²) in [4.78, 5) is 16.4. The van der Waals surface area contributed by atoms with E-state index in [1.807, 2.05) is 0 Å². The second-order valence-corrected chi connectivity index (χ2v) is 5.68. The predicted octanol–water partition coefficient (Wildman–Crippen LogP) is 4.08. The van der Waals surface area contributed by atoms with Crippen LogP contribution in [-0.2, 0) is 0 Å². The number of pyridine rings is 1. The molecule has 0 spiro atoms. The standard InChI is InChI=1S/C19H13F2N3O3/c20-13-2-1-3-14(21)18(13)24-17-7-4-11(9-22-17)19(25)23-12-5-6-15-16(8-12)27-10-26-15/h1-9H,10H2,(H,22,24)(H,23,25). The lowest BCUT2D eigenvalue weighted by molar-refractivity contribution is 0.102. The predicted molar refractivity (Wildman–Crippen MR) is 94.4 cm³/mol. The first kappa shape index (κ1) is 16.8. The Labute approximate surface area is 152 Å². The number of carbonyl (C=O) groups excluding carboxylic acids is 1. The molecule has 1 amide bonds. The molecule has 0 unspecified atom stereocenters. The van der Waals surface area contributed by atoms with E-state index >= 15 is 0 Å². The first-order valence-corrected chi connectivity index (χ1v) is 7.98. The van der Waals surface area contributed by atoms with Crippen LogP contribution in [0.15, 0.2) is 54.7 Å². The monoisotopic (exact) mass is 369 g/mol. The molecule has 0 fully saturated rings. The van der Waals surface area contributed by atoms with Crippen LogP contribution in [0, 0.1) is 11.6 Å². The molecule has 4 rings (SSSR count). The lowest BCUT2D eigenvalue weighted by Crippen LogP contribution is -2.12. The quantitative estimate of drug-likeness (QED) is 0.725. The molecular formula is C19H13F2N3O3. The third-order valence-corrected chi connectivity index (χ3v) is 3.87. The van der Waals surface area contributed by atoms with Gasteiger partial charge in [0.1, 0.15) is 23.1 Å². The van der Waals surface area contributed by atoms with Crippen LogP contribution >= 0.6 is 0 Å². The van der Waals surface area contributed by atoms with Crippen LogP contribution < -0.4 is 20.1 Å². The first-order valence-electron chi connectivity index (χ1n) is 7.98. The van der Waals surface area contributed by atoms with E-state index in [2.05, 4.69) is 15.6 Å². The zero-order chi connectivity index (χ0) is 18.8. The van der Waals surface area contributed by atoms with E-state index in [9.17, 15) is 13.6 Å². The van der Waals surface area contributed by atoms with Gasteiger partial charge in [-0.05, 0) is 36.4 Å². The third kappa shape index (κ3) is 3.50. The summed E-state index contributed by atoms with van der Waals surface area (Å²) in [6.45, 7) is 0.147. The second kappa shape index (κ2) is 6.91. The highest BCUT2D eigenvalue weighted by atomic mass is 19.1. The molecular weight excluding hydrogens is 356 g/mol. The molecule has 8 heteroatoms. The van der Waals surface area contributed by atoms with E-state index in [4.69, 9.17) is 9.47 Å². The molecule has 1 aliphatic rings. The topological polar surface area (TPSA) is 72.5 Å². The van der Waals surface area contributed by atoms with E-state index in [0.717, 1.165) is 12.1 Å². The van der Waals surface area contributed by atoms with Gasteiger partial charge in [-0.3, -0.25) is 4.79 Å². The maximum atomic E-state index is 13.7. The van der Waals surface area contributed by atoms with Crippen LogP contribution in [0.2, 0.25) is 0 Å². The zero-order valence-electron chi connectivity index (χ0n) is 13.8. The van der Waals surface area contributed by atoms with E-state index < -0.39 is 11.6 Å². The average Bonchev–Trinajstić information content (AvgIpc) is 3.13. The van der Waals surface area contributed by atoms with Crippen molar-refractivity contribution >= 4 is 23.1 Å². The van der Waals surface area contributed by atoms with Gasteiger partial charge in [0, 0.05) is 18.0 Å². The van der Waals surface area contributed by atoms with Crippen molar-refractivity contribution in [2.75, 3.05) is 17.4 Å². The van der Waals surface area contributed by atoms with Crippen LogP contribution in [0.1, 0.15) is 10.4 Å². The Bertz CT molecular complexity index is 989. The van der Waals surface area contributed by atoms with Crippen LogP contribution in [0.4, 0.5) is 26.0 Å². The molecule has 1 aliphatic heterocycles. The number of carbonyl (C=O) groups is 1. The number of hydrogen-bond acceptors (Lipinski definition) is 5. The van der Waals surface area contributed by atoms with E-state index in [-0.39, 0.29) is 29.8 Å². The molecule has 2 aromatic carbocycles. The number of para-hydroxylation sites is 1. The van der Waals surface area contributed by atoms with Crippen molar-refractivity contribution in [1.29, 1.82) is 0 Å². The minimum Gasteiger partial charge on any atom is -0.454 e. The number of nitrogens with zero attached hydrogens (tertiary/aromatic N) is 1. The zero-order valence-corrected chi connectivity index (χ0v) is 13.8. The van der Waals surface area contributed by atoms with Crippen molar-refractivity contribution in [3.8, 4) is 11.5 Å². The SMILES string of the molecule is O=C(Nc1ccc2c(c1)OCO2)c1ccc(Nc2c(F)cccc2F)nc1. The van der Waals surface area contributed by atoms with Crippen molar-refractivity contribution in [2.24, 2.45) is 0 Å². The lowest BCUT2D eigenvalue weighted by Gasteiger charge is -2.09. The van der Waals surface area contributed by atoms with Gasteiger partial charge in [0.25, 0.3) is 5.91 Å². The summed E-state index contributed by atoms with van der Waals surface area (Å²) < 4.78 is 37.8. The second-order valence-electron chi connectivity index (χ2n) is 5.68. The fourth-order valence-electron chi connectivity index (χ4n) is 2.52. The largest absolute Gasteiger partial charge is 0.454 e. The van der Waals surface area contributed by atoms with Gasteiger partial charge in [-0.2, -0.15) is 0 Å².